The van der Waals surface area contributed by atoms with Crippen molar-refractivity contribution in [2.45, 2.75) is 103 Å². The van der Waals surface area contributed by atoms with E-state index in [0.29, 0.717) is 17.9 Å². The molecule has 0 radical (unpaired) electrons. The number of carbonyl (C=O) groups excluding carboxylic acids is 3. The molecule has 1 aromatic carbocycles. The molecular formula is C28H41NO7. The summed E-state index contributed by atoms with van der Waals surface area (Å²) < 4.78 is 22.8. The van der Waals surface area contributed by atoms with Gasteiger partial charge in [-0.3, -0.25) is 9.59 Å². The smallest absolute Gasteiger partial charge is 0.417 e. The molecule has 2 atom stereocenters. The van der Waals surface area contributed by atoms with Crippen molar-refractivity contribution in [1.82, 2.24) is 4.90 Å². The molecule has 200 valence electrons. The van der Waals surface area contributed by atoms with Gasteiger partial charge in [-0.15, -0.1) is 0 Å². The van der Waals surface area contributed by atoms with E-state index < -0.39 is 35.1 Å². The Kier molecular flexibility index (Phi) is 8.57. The number of hydrogen-bond acceptors (Lipinski definition) is 7. The normalized spacial score (nSPS) is 21.3. The van der Waals surface area contributed by atoms with Gasteiger partial charge in [0.05, 0.1) is 19.6 Å². The third kappa shape index (κ3) is 7.61. The zero-order valence-electron chi connectivity index (χ0n) is 22.7. The highest BCUT2D eigenvalue weighted by Crippen LogP contribution is 2.39. The van der Waals surface area contributed by atoms with Crippen LogP contribution >= 0.6 is 0 Å². The fourth-order valence-corrected chi connectivity index (χ4v) is 4.75. The van der Waals surface area contributed by atoms with Crippen LogP contribution in [0.2, 0.25) is 0 Å². The molecule has 1 unspecified atom stereocenters. The summed E-state index contributed by atoms with van der Waals surface area (Å²) in [7, 11) is 1.61. The van der Waals surface area contributed by atoms with Gasteiger partial charge < -0.3 is 18.9 Å². The highest BCUT2D eigenvalue weighted by Gasteiger charge is 2.41. The van der Waals surface area contributed by atoms with Crippen LogP contribution in [0.15, 0.2) is 18.2 Å². The van der Waals surface area contributed by atoms with Crippen LogP contribution in [0.25, 0.3) is 0 Å². The average molecular weight is 504 g/mol. The SMILES string of the molecule is COc1ccc([C@@H]2CC(CC(=O)OC(C)(C)C)C(=O)N(C(=O)OC(C)(C)C)C2)cc1OC1CCCC1. The lowest BCUT2D eigenvalue weighted by Crippen LogP contribution is -2.50. The summed E-state index contributed by atoms with van der Waals surface area (Å²) in [6.07, 6.45) is 4.07. The minimum atomic E-state index is -0.757. The minimum absolute atomic E-state index is 0.104. The van der Waals surface area contributed by atoms with E-state index in [1.165, 1.54) is 0 Å². The van der Waals surface area contributed by atoms with Crippen molar-refractivity contribution in [3.05, 3.63) is 23.8 Å². The average Bonchev–Trinajstić information content (AvgIpc) is 3.25. The highest BCUT2D eigenvalue weighted by molar-refractivity contribution is 5.95. The molecule has 0 bridgehead atoms. The maximum atomic E-state index is 13.3. The van der Waals surface area contributed by atoms with Gasteiger partial charge >= 0.3 is 12.1 Å². The Morgan fingerprint density at radius 2 is 1.61 bits per heavy atom. The van der Waals surface area contributed by atoms with Crippen molar-refractivity contribution in [2.75, 3.05) is 13.7 Å². The number of nitrogens with zero attached hydrogens (tertiary/aromatic N) is 1. The summed E-state index contributed by atoms with van der Waals surface area (Å²) in [6.45, 7) is 10.8. The number of imide groups is 1. The van der Waals surface area contributed by atoms with E-state index in [-0.39, 0.29) is 25.0 Å². The lowest BCUT2D eigenvalue weighted by molar-refractivity contribution is -0.159. The van der Waals surface area contributed by atoms with Gasteiger partial charge in [0.1, 0.15) is 11.2 Å². The Hall–Kier alpha value is -2.77. The van der Waals surface area contributed by atoms with Gasteiger partial charge in [0.25, 0.3) is 0 Å². The zero-order valence-corrected chi connectivity index (χ0v) is 22.7. The standard InChI is InChI=1S/C28H41NO7/c1-27(2,3)35-24(30)16-19-14-20(17-29(25(19)31)26(32)36-28(4,5)6)18-12-13-22(33-7)23(15-18)34-21-10-8-9-11-21/h12-13,15,19-21H,8-11,14,16-17H2,1-7H3/t19?,20-/m1/s1. The summed E-state index contributed by atoms with van der Waals surface area (Å²) in [5.74, 6) is -0.474. The first-order valence-corrected chi connectivity index (χ1v) is 12.9. The second-order valence-corrected chi connectivity index (χ2v) is 11.8. The lowest BCUT2D eigenvalue weighted by atomic mass is 9.82. The largest absolute Gasteiger partial charge is 0.493 e. The summed E-state index contributed by atoms with van der Waals surface area (Å²) in [5.41, 5.74) is -0.506. The Morgan fingerprint density at radius 3 is 2.19 bits per heavy atom. The second kappa shape index (κ2) is 11.1. The van der Waals surface area contributed by atoms with Gasteiger partial charge in [-0.2, -0.15) is 0 Å². The molecule has 3 rings (SSSR count). The number of hydrogen-bond donors (Lipinski definition) is 0. The molecule has 1 heterocycles. The van der Waals surface area contributed by atoms with Crippen molar-refractivity contribution in [3.63, 3.8) is 0 Å². The number of piperidine rings is 1. The van der Waals surface area contributed by atoms with Gasteiger partial charge in [-0.05, 0) is 91.3 Å². The molecule has 2 aliphatic rings. The first-order valence-electron chi connectivity index (χ1n) is 12.9. The third-order valence-electron chi connectivity index (χ3n) is 6.29. The van der Waals surface area contributed by atoms with Gasteiger partial charge in [0, 0.05) is 18.4 Å². The fourth-order valence-electron chi connectivity index (χ4n) is 4.75. The highest BCUT2D eigenvalue weighted by atomic mass is 16.6. The van der Waals surface area contributed by atoms with Crippen LogP contribution in [0.1, 0.15) is 91.5 Å². The molecule has 2 fully saturated rings. The second-order valence-electron chi connectivity index (χ2n) is 11.8. The van der Waals surface area contributed by atoms with Crippen molar-refractivity contribution in [2.24, 2.45) is 5.92 Å². The predicted molar refractivity (Wildman–Crippen MR) is 135 cm³/mol. The number of esters is 1. The molecule has 8 heteroatoms. The Balaban J connectivity index is 1.88. The third-order valence-corrected chi connectivity index (χ3v) is 6.29. The van der Waals surface area contributed by atoms with Crippen LogP contribution in [0.3, 0.4) is 0 Å². The van der Waals surface area contributed by atoms with Crippen LogP contribution < -0.4 is 9.47 Å². The number of likely N-dealkylation sites (tertiary alicyclic amines) is 1. The molecule has 1 saturated heterocycles. The molecule has 2 amide bonds. The van der Waals surface area contributed by atoms with Crippen LogP contribution in [0.4, 0.5) is 4.79 Å². The Morgan fingerprint density at radius 1 is 0.972 bits per heavy atom. The molecule has 0 aromatic heterocycles. The van der Waals surface area contributed by atoms with E-state index in [0.717, 1.165) is 36.1 Å². The molecule has 1 saturated carbocycles. The van der Waals surface area contributed by atoms with Crippen molar-refractivity contribution in [3.8, 4) is 11.5 Å². The first kappa shape index (κ1) is 27.8. The number of carbonyl (C=O) groups is 3. The van der Waals surface area contributed by atoms with Gasteiger partial charge in [-0.25, -0.2) is 9.69 Å². The van der Waals surface area contributed by atoms with Crippen LogP contribution in [-0.4, -0.2) is 53.8 Å². The van der Waals surface area contributed by atoms with Gasteiger partial charge in [0.15, 0.2) is 11.5 Å². The van der Waals surface area contributed by atoms with Crippen molar-refractivity contribution in [1.29, 1.82) is 0 Å². The maximum absolute atomic E-state index is 13.3. The van der Waals surface area contributed by atoms with Crippen LogP contribution in [0.5, 0.6) is 11.5 Å². The Labute approximate surface area is 214 Å². The van der Waals surface area contributed by atoms with E-state index in [4.69, 9.17) is 18.9 Å². The fraction of sp³-hybridized carbons (Fsp3) is 0.679. The number of rotatable bonds is 6. The van der Waals surface area contributed by atoms with Crippen LogP contribution in [-0.2, 0) is 19.1 Å². The van der Waals surface area contributed by atoms with E-state index in [1.807, 2.05) is 18.2 Å². The number of ether oxygens (including phenoxy) is 4. The molecular weight excluding hydrogens is 462 g/mol. The summed E-state index contributed by atoms with van der Waals surface area (Å²) in [6, 6.07) is 5.73. The van der Waals surface area contributed by atoms with E-state index in [1.54, 1.807) is 48.7 Å². The van der Waals surface area contributed by atoms with E-state index in [9.17, 15) is 14.4 Å². The molecule has 1 aliphatic carbocycles. The molecule has 0 spiro atoms. The monoisotopic (exact) mass is 503 g/mol. The number of benzene rings is 1. The topological polar surface area (TPSA) is 91.4 Å². The van der Waals surface area contributed by atoms with E-state index in [2.05, 4.69) is 0 Å². The minimum Gasteiger partial charge on any atom is -0.493 e. The molecule has 36 heavy (non-hydrogen) atoms. The lowest BCUT2D eigenvalue weighted by Gasteiger charge is -2.37. The molecule has 8 nitrogen and oxygen atoms in total. The summed E-state index contributed by atoms with van der Waals surface area (Å²) in [4.78, 5) is 40.0. The number of amides is 2. The maximum Gasteiger partial charge on any atom is 0.417 e. The zero-order chi connectivity index (χ0) is 26.7. The first-order chi connectivity index (χ1) is 16.8. The van der Waals surface area contributed by atoms with Gasteiger partial charge in [-0.1, -0.05) is 6.07 Å². The number of methoxy groups -OCH3 is 1. The van der Waals surface area contributed by atoms with Gasteiger partial charge in [0.2, 0.25) is 5.91 Å². The molecule has 1 aromatic rings. The van der Waals surface area contributed by atoms with E-state index >= 15 is 0 Å². The quantitative estimate of drug-likeness (QED) is 0.466. The summed E-state index contributed by atoms with van der Waals surface area (Å²) >= 11 is 0. The van der Waals surface area contributed by atoms with Crippen molar-refractivity contribution < 1.29 is 33.3 Å². The molecule has 0 N–H and O–H groups in total. The van der Waals surface area contributed by atoms with Crippen LogP contribution in [0, 0.1) is 5.92 Å². The molecule has 1 aliphatic heterocycles. The Bertz CT molecular complexity index is 954. The summed E-state index contributed by atoms with van der Waals surface area (Å²) in [5, 5.41) is 0. The van der Waals surface area contributed by atoms with Crippen molar-refractivity contribution >= 4 is 18.0 Å². The predicted octanol–water partition coefficient (Wildman–Crippen LogP) is 5.62.